The number of benzene rings is 1. The summed E-state index contributed by atoms with van der Waals surface area (Å²) in [7, 11) is 1.31. The summed E-state index contributed by atoms with van der Waals surface area (Å²) in [6, 6.07) is 10.0. The van der Waals surface area contributed by atoms with Gasteiger partial charge >= 0.3 is 0 Å². The number of carbonyl (C=O) groups is 1. The number of carbonyl (C=O) groups excluding carboxylic acids is 1. The molecule has 5 nitrogen and oxygen atoms in total. The first kappa shape index (κ1) is 12.8. The molecule has 1 aromatic heterocycles. The smallest absolute Gasteiger partial charge is 0.292 e. The van der Waals surface area contributed by atoms with Gasteiger partial charge in [-0.2, -0.15) is 0 Å². The summed E-state index contributed by atoms with van der Waals surface area (Å²) in [5, 5.41) is 0. The van der Waals surface area contributed by atoms with Gasteiger partial charge in [-0.3, -0.25) is 4.79 Å². The van der Waals surface area contributed by atoms with Gasteiger partial charge in [0.2, 0.25) is 0 Å². The minimum absolute atomic E-state index is 0.375. The van der Waals surface area contributed by atoms with Crippen molar-refractivity contribution in [2.75, 3.05) is 12.8 Å². The van der Waals surface area contributed by atoms with E-state index in [1.165, 1.54) is 7.11 Å². The maximum atomic E-state index is 8.95. The number of para-hydroxylation sites is 1. The second-order valence-corrected chi connectivity index (χ2v) is 3.25. The third-order valence-corrected chi connectivity index (χ3v) is 2.17. The molecule has 2 rings (SSSR count). The number of anilines is 1. The molecule has 0 saturated carbocycles. The third kappa shape index (κ3) is 3.34. The van der Waals surface area contributed by atoms with Crippen molar-refractivity contribution >= 4 is 12.3 Å². The van der Waals surface area contributed by atoms with Crippen LogP contribution in [0.15, 0.2) is 36.7 Å². The van der Waals surface area contributed by atoms with Crippen LogP contribution in [0, 0.1) is 6.92 Å². The van der Waals surface area contributed by atoms with Crippen LogP contribution in [0.3, 0.4) is 0 Å². The van der Waals surface area contributed by atoms with Crippen molar-refractivity contribution in [1.82, 2.24) is 9.55 Å². The van der Waals surface area contributed by atoms with Gasteiger partial charge in [-0.15, -0.1) is 0 Å². The number of methoxy groups -OCH3 is 1. The number of nitrogens with two attached hydrogens (primary N) is 1. The first-order valence-electron chi connectivity index (χ1n) is 5.02. The molecule has 0 aliphatic heterocycles. The van der Waals surface area contributed by atoms with Crippen molar-refractivity contribution < 1.29 is 9.53 Å². The minimum atomic E-state index is 0.375. The molecule has 0 spiro atoms. The van der Waals surface area contributed by atoms with Crippen LogP contribution in [-0.2, 0) is 9.53 Å². The first-order valence-corrected chi connectivity index (χ1v) is 5.02. The Hall–Kier alpha value is -2.30. The Morgan fingerprint density at radius 1 is 1.35 bits per heavy atom. The maximum Gasteiger partial charge on any atom is 0.292 e. The second kappa shape index (κ2) is 6.32. The highest BCUT2D eigenvalue weighted by Gasteiger charge is 2.02. The van der Waals surface area contributed by atoms with E-state index in [0.717, 1.165) is 11.4 Å². The number of hydrogen-bond donors (Lipinski definition) is 1. The number of nitrogen functional groups attached to an aromatic ring is 1. The lowest BCUT2D eigenvalue weighted by molar-refractivity contribution is -0.126. The quantitative estimate of drug-likeness (QED) is 0.799. The molecule has 0 unspecified atom stereocenters. The Bertz CT molecular complexity index is 466. The Morgan fingerprint density at radius 2 is 1.94 bits per heavy atom. The van der Waals surface area contributed by atoms with Crippen LogP contribution < -0.4 is 5.73 Å². The zero-order chi connectivity index (χ0) is 12.7. The summed E-state index contributed by atoms with van der Waals surface area (Å²) in [6.07, 6.45) is 1.74. The largest absolute Gasteiger partial charge is 0.471 e. The lowest BCUT2D eigenvalue weighted by atomic mass is 10.3. The number of aromatic nitrogens is 2. The van der Waals surface area contributed by atoms with E-state index in [4.69, 9.17) is 10.5 Å². The van der Waals surface area contributed by atoms with Gasteiger partial charge in [0.25, 0.3) is 6.47 Å². The van der Waals surface area contributed by atoms with E-state index >= 15 is 0 Å². The Morgan fingerprint density at radius 3 is 2.35 bits per heavy atom. The Labute approximate surface area is 99.8 Å². The zero-order valence-corrected chi connectivity index (χ0v) is 9.83. The number of nitrogens with zero attached hydrogens (tertiary/aromatic N) is 2. The zero-order valence-electron chi connectivity index (χ0n) is 9.83. The van der Waals surface area contributed by atoms with Crippen molar-refractivity contribution in [1.29, 1.82) is 0 Å². The van der Waals surface area contributed by atoms with Crippen molar-refractivity contribution in [2.24, 2.45) is 0 Å². The Kier molecular flexibility index (Phi) is 4.75. The van der Waals surface area contributed by atoms with Crippen LogP contribution in [0.5, 0.6) is 0 Å². The van der Waals surface area contributed by atoms with Crippen LogP contribution >= 0.6 is 0 Å². The van der Waals surface area contributed by atoms with Gasteiger partial charge in [0, 0.05) is 5.69 Å². The highest BCUT2D eigenvalue weighted by molar-refractivity contribution is 5.42. The SMILES string of the molecule is COC=O.Cc1c(N)ncn1-c1ccccc1. The van der Waals surface area contributed by atoms with Crippen molar-refractivity contribution in [3.8, 4) is 5.69 Å². The lowest BCUT2D eigenvalue weighted by Gasteiger charge is -2.03. The van der Waals surface area contributed by atoms with Crippen LogP contribution in [0.4, 0.5) is 5.82 Å². The van der Waals surface area contributed by atoms with E-state index in [9.17, 15) is 0 Å². The fourth-order valence-corrected chi connectivity index (χ4v) is 1.27. The van der Waals surface area contributed by atoms with E-state index in [2.05, 4.69) is 9.72 Å². The molecule has 5 heteroatoms. The van der Waals surface area contributed by atoms with Gasteiger partial charge in [0.15, 0.2) is 0 Å². The number of ether oxygens (including phenoxy) is 1. The maximum absolute atomic E-state index is 8.95. The van der Waals surface area contributed by atoms with Crippen LogP contribution in [0.25, 0.3) is 5.69 Å². The molecule has 0 atom stereocenters. The number of imidazole rings is 1. The molecule has 0 amide bonds. The third-order valence-electron chi connectivity index (χ3n) is 2.17. The predicted molar refractivity (Wildman–Crippen MR) is 65.8 cm³/mol. The van der Waals surface area contributed by atoms with E-state index < -0.39 is 0 Å². The molecule has 0 aliphatic carbocycles. The molecule has 0 saturated heterocycles. The fourth-order valence-electron chi connectivity index (χ4n) is 1.27. The topological polar surface area (TPSA) is 70.1 Å². The summed E-state index contributed by atoms with van der Waals surface area (Å²) in [6.45, 7) is 2.33. The highest BCUT2D eigenvalue weighted by Crippen LogP contribution is 2.14. The van der Waals surface area contributed by atoms with E-state index in [1.54, 1.807) is 6.33 Å². The van der Waals surface area contributed by atoms with Gasteiger partial charge in [-0.1, -0.05) is 18.2 Å². The van der Waals surface area contributed by atoms with Gasteiger partial charge < -0.3 is 15.0 Å². The number of rotatable bonds is 2. The predicted octanol–water partition coefficient (Wildman–Crippen LogP) is 1.55. The molecular weight excluding hydrogens is 218 g/mol. The summed E-state index contributed by atoms with van der Waals surface area (Å²) in [5.41, 5.74) is 7.71. The molecule has 2 aromatic rings. The Balaban J connectivity index is 0.000000317. The van der Waals surface area contributed by atoms with E-state index in [-0.39, 0.29) is 0 Å². The molecule has 0 bridgehead atoms. The average molecular weight is 233 g/mol. The summed E-state index contributed by atoms with van der Waals surface area (Å²) in [5.74, 6) is 0.587. The first-order chi connectivity index (χ1) is 8.20. The molecule has 90 valence electrons. The molecule has 2 N–H and O–H groups in total. The molecule has 1 aromatic carbocycles. The summed E-state index contributed by atoms with van der Waals surface area (Å²) >= 11 is 0. The standard InChI is InChI=1S/C10H11N3.C2H4O2/c1-8-10(11)12-7-13(8)9-5-3-2-4-6-9;1-4-2-3/h2-7H,11H2,1H3;2H,1H3. The van der Waals surface area contributed by atoms with Crippen LogP contribution in [0.1, 0.15) is 5.69 Å². The minimum Gasteiger partial charge on any atom is -0.471 e. The van der Waals surface area contributed by atoms with Gasteiger partial charge in [0.1, 0.15) is 12.1 Å². The molecule has 1 heterocycles. The second-order valence-electron chi connectivity index (χ2n) is 3.25. The number of hydrogen-bond acceptors (Lipinski definition) is 4. The molecule has 0 radical (unpaired) electrons. The normalized spacial score (nSPS) is 9.06. The van der Waals surface area contributed by atoms with Gasteiger partial charge in [-0.25, -0.2) is 4.98 Å². The van der Waals surface area contributed by atoms with Crippen molar-refractivity contribution in [3.63, 3.8) is 0 Å². The summed E-state index contributed by atoms with van der Waals surface area (Å²) in [4.78, 5) is 13.0. The summed E-state index contributed by atoms with van der Waals surface area (Å²) < 4.78 is 5.83. The van der Waals surface area contributed by atoms with Crippen LogP contribution in [-0.4, -0.2) is 23.1 Å². The van der Waals surface area contributed by atoms with Gasteiger partial charge in [-0.05, 0) is 19.1 Å². The van der Waals surface area contributed by atoms with E-state index in [1.807, 2.05) is 41.8 Å². The molecule has 17 heavy (non-hydrogen) atoms. The van der Waals surface area contributed by atoms with E-state index in [0.29, 0.717) is 12.3 Å². The molecular formula is C12H15N3O2. The molecule has 0 fully saturated rings. The fraction of sp³-hybridized carbons (Fsp3) is 0.167. The average Bonchev–Trinajstić information content (AvgIpc) is 2.71. The van der Waals surface area contributed by atoms with Crippen molar-refractivity contribution in [2.45, 2.75) is 6.92 Å². The van der Waals surface area contributed by atoms with Crippen molar-refractivity contribution in [3.05, 3.63) is 42.4 Å². The highest BCUT2D eigenvalue weighted by atomic mass is 16.5. The van der Waals surface area contributed by atoms with Crippen LogP contribution in [0.2, 0.25) is 0 Å². The monoisotopic (exact) mass is 233 g/mol. The lowest BCUT2D eigenvalue weighted by Crippen LogP contribution is -1.95. The van der Waals surface area contributed by atoms with Gasteiger partial charge in [0.05, 0.1) is 12.8 Å². The molecule has 0 aliphatic rings.